The summed E-state index contributed by atoms with van der Waals surface area (Å²) in [6.45, 7) is 0. The lowest BCUT2D eigenvalue weighted by molar-refractivity contribution is 0.213. The summed E-state index contributed by atoms with van der Waals surface area (Å²) in [5.74, 6) is 0.777. The lowest BCUT2D eigenvalue weighted by Gasteiger charge is -2.05. The molecule has 2 unspecified atom stereocenters. The maximum Gasteiger partial charge on any atom is 0.106 e. The van der Waals surface area contributed by atoms with E-state index in [-0.39, 0.29) is 5.92 Å². The fraction of sp³-hybridized carbons (Fsp3) is 0.800. The van der Waals surface area contributed by atoms with Crippen LogP contribution < -0.4 is 0 Å². The van der Waals surface area contributed by atoms with Gasteiger partial charge < -0.3 is 4.84 Å². The first-order chi connectivity index (χ1) is 6.36. The zero-order valence-corrected chi connectivity index (χ0v) is 8.07. The fourth-order valence-corrected chi connectivity index (χ4v) is 1.76. The molecule has 0 heterocycles. The molecule has 0 aromatic heterocycles. The first-order valence-electron chi connectivity index (χ1n) is 4.83. The Balaban J connectivity index is 2.36. The normalized spacial score (nSPS) is 29.5. The predicted octanol–water partition coefficient (Wildman–Crippen LogP) is 2.34. The van der Waals surface area contributed by atoms with E-state index in [1.54, 1.807) is 7.11 Å². The summed E-state index contributed by atoms with van der Waals surface area (Å²) in [7, 11) is 1.56. The van der Waals surface area contributed by atoms with Crippen LogP contribution in [0.3, 0.4) is 0 Å². The third-order valence-electron chi connectivity index (χ3n) is 2.57. The van der Waals surface area contributed by atoms with Gasteiger partial charge in [0, 0.05) is 12.1 Å². The Bertz CT molecular complexity index is 207. The van der Waals surface area contributed by atoms with E-state index >= 15 is 0 Å². The average Bonchev–Trinajstić information content (AvgIpc) is 2.39. The maximum absolute atomic E-state index is 8.77. The summed E-state index contributed by atoms with van der Waals surface area (Å²) >= 11 is 0. The van der Waals surface area contributed by atoms with Gasteiger partial charge in [-0.25, -0.2) is 0 Å². The Hall–Kier alpha value is -1.04. The summed E-state index contributed by atoms with van der Waals surface area (Å²) in [4.78, 5) is 4.64. The quantitative estimate of drug-likeness (QED) is 0.372. The van der Waals surface area contributed by atoms with Crippen LogP contribution >= 0.6 is 0 Å². The zero-order chi connectivity index (χ0) is 9.52. The third kappa shape index (κ3) is 3.45. The highest BCUT2D eigenvalue weighted by Gasteiger charge is 2.16. The molecular weight excluding hydrogens is 164 g/mol. The monoisotopic (exact) mass is 180 g/mol. The van der Waals surface area contributed by atoms with Crippen molar-refractivity contribution in [2.24, 2.45) is 17.0 Å². The molecule has 0 aromatic carbocycles. The van der Waals surface area contributed by atoms with Gasteiger partial charge in [-0.2, -0.15) is 5.26 Å². The topological polar surface area (TPSA) is 45.4 Å². The number of hydrogen-bond acceptors (Lipinski definition) is 3. The van der Waals surface area contributed by atoms with E-state index in [0.717, 1.165) is 32.1 Å². The van der Waals surface area contributed by atoms with Crippen LogP contribution in [0.2, 0.25) is 0 Å². The standard InChI is InChI=1S/C10H16N2O/c1-13-12-8-10-4-2-3-9(7-11)5-6-10/h8-10H,2-6H2,1H3/b12-8+. The molecule has 0 spiro atoms. The lowest BCUT2D eigenvalue weighted by atomic mass is 10.0. The third-order valence-corrected chi connectivity index (χ3v) is 2.57. The van der Waals surface area contributed by atoms with Gasteiger partial charge in [0.05, 0.1) is 6.07 Å². The molecule has 2 atom stereocenters. The molecule has 0 bridgehead atoms. The molecule has 0 N–H and O–H groups in total. The molecule has 1 saturated carbocycles. The second-order valence-electron chi connectivity index (χ2n) is 3.53. The van der Waals surface area contributed by atoms with E-state index in [2.05, 4.69) is 16.1 Å². The summed E-state index contributed by atoms with van der Waals surface area (Å²) in [6.07, 6.45) is 7.29. The SMILES string of the molecule is CO/N=C/C1CCCC(C#N)CC1. The van der Waals surface area contributed by atoms with Gasteiger partial charge in [-0.15, -0.1) is 0 Å². The Kier molecular flexibility index (Phi) is 4.31. The molecule has 72 valence electrons. The van der Waals surface area contributed by atoms with E-state index in [9.17, 15) is 0 Å². The van der Waals surface area contributed by atoms with Gasteiger partial charge >= 0.3 is 0 Å². The summed E-state index contributed by atoms with van der Waals surface area (Å²) in [5.41, 5.74) is 0. The molecule has 0 radical (unpaired) electrons. The Morgan fingerprint density at radius 3 is 2.92 bits per heavy atom. The lowest BCUT2D eigenvalue weighted by Crippen LogP contribution is -2.00. The molecule has 1 rings (SSSR count). The van der Waals surface area contributed by atoms with Crippen molar-refractivity contribution >= 4 is 6.21 Å². The van der Waals surface area contributed by atoms with Crippen LogP contribution in [0.5, 0.6) is 0 Å². The second kappa shape index (κ2) is 5.58. The first-order valence-corrected chi connectivity index (χ1v) is 4.83. The van der Waals surface area contributed by atoms with Crippen molar-refractivity contribution in [3.05, 3.63) is 0 Å². The number of rotatable bonds is 2. The van der Waals surface area contributed by atoms with Crippen molar-refractivity contribution in [3.8, 4) is 6.07 Å². The second-order valence-corrected chi connectivity index (χ2v) is 3.53. The molecule has 0 saturated heterocycles. The van der Waals surface area contributed by atoms with Crippen LogP contribution in [0, 0.1) is 23.2 Å². The number of nitrogens with zero attached hydrogens (tertiary/aromatic N) is 2. The Morgan fingerprint density at radius 1 is 1.38 bits per heavy atom. The van der Waals surface area contributed by atoms with Crippen LogP contribution in [-0.2, 0) is 4.84 Å². The van der Waals surface area contributed by atoms with Crippen molar-refractivity contribution in [1.82, 2.24) is 0 Å². The van der Waals surface area contributed by atoms with Crippen molar-refractivity contribution in [2.45, 2.75) is 32.1 Å². The highest BCUT2D eigenvalue weighted by atomic mass is 16.6. The minimum atomic E-state index is 0.265. The molecule has 1 aliphatic carbocycles. The minimum absolute atomic E-state index is 0.265. The molecule has 0 amide bonds. The van der Waals surface area contributed by atoms with Crippen LogP contribution in [-0.4, -0.2) is 13.3 Å². The zero-order valence-electron chi connectivity index (χ0n) is 8.07. The highest BCUT2D eigenvalue weighted by Crippen LogP contribution is 2.25. The number of oxime groups is 1. The van der Waals surface area contributed by atoms with Crippen LogP contribution in [0.4, 0.5) is 0 Å². The number of nitriles is 1. The van der Waals surface area contributed by atoms with E-state index < -0.39 is 0 Å². The molecule has 3 heteroatoms. The van der Waals surface area contributed by atoms with Gasteiger partial charge in [0.2, 0.25) is 0 Å². The van der Waals surface area contributed by atoms with Crippen LogP contribution in [0.15, 0.2) is 5.16 Å². The molecule has 13 heavy (non-hydrogen) atoms. The van der Waals surface area contributed by atoms with Gasteiger partial charge in [0.1, 0.15) is 7.11 Å². The molecule has 0 aliphatic heterocycles. The van der Waals surface area contributed by atoms with Gasteiger partial charge in [0.25, 0.3) is 0 Å². The Morgan fingerprint density at radius 2 is 2.23 bits per heavy atom. The largest absolute Gasteiger partial charge is 0.399 e. The smallest absolute Gasteiger partial charge is 0.106 e. The summed E-state index contributed by atoms with van der Waals surface area (Å²) in [6, 6.07) is 2.34. The fourth-order valence-electron chi connectivity index (χ4n) is 1.76. The Labute approximate surface area is 79.4 Å². The van der Waals surface area contributed by atoms with Crippen molar-refractivity contribution in [2.75, 3.05) is 7.11 Å². The predicted molar refractivity (Wildman–Crippen MR) is 51.2 cm³/mol. The molecule has 0 aromatic rings. The van der Waals surface area contributed by atoms with Gasteiger partial charge in [-0.1, -0.05) is 11.6 Å². The van der Waals surface area contributed by atoms with Gasteiger partial charge in [-0.05, 0) is 31.6 Å². The molecule has 1 aliphatic rings. The highest BCUT2D eigenvalue weighted by molar-refractivity contribution is 5.59. The van der Waals surface area contributed by atoms with Gasteiger partial charge in [-0.3, -0.25) is 0 Å². The molecule has 1 fully saturated rings. The molecule has 3 nitrogen and oxygen atoms in total. The van der Waals surface area contributed by atoms with E-state index in [1.807, 2.05) is 6.21 Å². The van der Waals surface area contributed by atoms with Crippen molar-refractivity contribution < 1.29 is 4.84 Å². The summed E-state index contributed by atoms with van der Waals surface area (Å²) in [5, 5.41) is 12.6. The van der Waals surface area contributed by atoms with Crippen LogP contribution in [0.1, 0.15) is 32.1 Å². The maximum atomic E-state index is 8.77. The molecular formula is C10H16N2O. The first kappa shape index (κ1) is 10.0. The average molecular weight is 180 g/mol. The van der Waals surface area contributed by atoms with E-state index in [0.29, 0.717) is 5.92 Å². The van der Waals surface area contributed by atoms with Gasteiger partial charge in [0.15, 0.2) is 0 Å². The summed E-state index contributed by atoms with van der Waals surface area (Å²) < 4.78 is 0. The number of hydrogen-bond donors (Lipinski definition) is 0. The van der Waals surface area contributed by atoms with Crippen molar-refractivity contribution in [3.63, 3.8) is 0 Å². The minimum Gasteiger partial charge on any atom is -0.399 e. The van der Waals surface area contributed by atoms with E-state index in [4.69, 9.17) is 5.26 Å². The van der Waals surface area contributed by atoms with Crippen LogP contribution in [0.25, 0.3) is 0 Å². The van der Waals surface area contributed by atoms with E-state index in [1.165, 1.54) is 0 Å². The van der Waals surface area contributed by atoms with Crippen molar-refractivity contribution in [1.29, 1.82) is 5.26 Å².